The molecule has 4 nitrogen and oxygen atoms in total. The van der Waals surface area contributed by atoms with E-state index in [1.165, 1.54) is 7.11 Å². The summed E-state index contributed by atoms with van der Waals surface area (Å²) >= 11 is 0. The molecule has 0 aliphatic heterocycles. The number of sulfone groups is 1. The minimum Gasteiger partial charge on any atom is -0.496 e. The smallest absolute Gasteiger partial charge is 0.193 e. The molecule has 5 heteroatoms. The van der Waals surface area contributed by atoms with Gasteiger partial charge in [-0.1, -0.05) is 0 Å². The van der Waals surface area contributed by atoms with E-state index in [1.54, 1.807) is 13.8 Å². The maximum atomic E-state index is 11.5. The lowest BCUT2D eigenvalue weighted by atomic mass is 10.1. The Labute approximate surface area is 90.2 Å². The largest absolute Gasteiger partial charge is 0.496 e. The molecule has 0 fully saturated rings. The summed E-state index contributed by atoms with van der Waals surface area (Å²) < 4.78 is 28.1. The highest BCUT2D eigenvalue weighted by Crippen LogP contribution is 2.28. The molecule has 0 atom stereocenters. The Morgan fingerprint density at radius 2 is 1.67 bits per heavy atom. The lowest BCUT2D eigenvalue weighted by Gasteiger charge is -2.13. The van der Waals surface area contributed by atoms with Crippen molar-refractivity contribution in [1.82, 2.24) is 4.98 Å². The second-order valence-electron chi connectivity index (χ2n) is 3.56. The number of aromatic nitrogens is 1. The number of hydrogen-bond acceptors (Lipinski definition) is 4. The highest BCUT2D eigenvalue weighted by Gasteiger charge is 2.19. The SMILES string of the molecule is COc1c(C)c(C)nc(S(C)(=O)=O)c1C. The third-order valence-corrected chi connectivity index (χ3v) is 3.47. The fraction of sp³-hybridized carbons (Fsp3) is 0.500. The van der Waals surface area contributed by atoms with E-state index in [4.69, 9.17) is 4.74 Å². The van der Waals surface area contributed by atoms with Crippen molar-refractivity contribution in [3.63, 3.8) is 0 Å². The van der Waals surface area contributed by atoms with Crippen LogP contribution in [0.25, 0.3) is 0 Å². The Kier molecular flexibility index (Phi) is 3.04. The van der Waals surface area contributed by atoms with E-state index in [0.29, 0.717) is 17.0 Å². The molecule has 0 N–H and O–H groups in total. The van der Waals surface area contributed by atoms with Crippen LogP contribution in [0.2, 0.25) is 0 Å². The first kappa shape index (κ1) is 12.0. The van der Waals surface area contributed by atoms with Crippen molar-refractivity contribution in [1.29, 1.82) is 0 Å². The van der Waals surface area contributed by atoms with Crippen LogP contribution >= 0.6 is 0 Å². The van der Waals surface area contributed by atoms with Gasteiger partial charge < -0.3 is 4.74 Å². The van der Waals surface area contributed by atoms with Crippen LogP contribution in [0.5, 0.6) is 5.75 Å². The zero-order valence-corrected chi connectivity index (χ0v) is 10.4. The zero-order chi connectivity index (χ0) is 11.8. The van der Waals surface area contributed by atoms with E-state index < -0.39 is 9.84 Å². The minimum atomic E-state index is -3.30. The normalized spacial score (nSPS) is 11.5. The quantitative estimate of drug-likeness (QED) is 0.769. The fourth-order valence-corrected chi connectivity index (χ4v) is 2.48. The lowest BCUT2D eigenvalue weighted by Crippen LogP contribution is -2.08. The summed E-state index contributed by atoms with van der Waals surface area (Å²) in [4.78, 5) is 4.08. The van der Waals surface area contributed by atoms with Gasteiger partial charge in [-0.25, -0.2) is 13.4 Å². The Bertz CT molecular complexity index is 492. The Balaban J connectivity index is 3.66. The molecule has 0 bridgehead atoms. The van der Waals surface area contributed by atoms with E-state index in [-0.39, 0.29) is 5.03 Å². The standard InChI is InChI=1S/C10H15NO3S/c1-6-8(3)11-10(15(5,12)13)7(2)9(6)14-4/h1-5H3. The van der Waals surface area contributed by atoms with Crippen LogP contribution in [0.1, 0.15) is 16.8 Å². The predicted molar refractivity (Wildman–Crippen MR) is 58.1 cm³/mol. The van der Waals surface area contributed by atoms with Crippen LogP contribution in [-0.2, 0) is 9.84 Å². The molecule has 0 spiro atoms. The second kappa shape index (κ2) is 3.81. The second-order valence-corrected chi connectivity index (χ2v) is 5.49. The van der Waals surface area contributed by atoms with Gasteiger partial charge in [-0.3, -0.25) is 0 Å². The van der Waals surface area contributed by atoms with Crippen molar-refractivity contribution in [3.05, 3.63) is 16.8 Å². The number of rotatable bonds is 2. The van der Waals surface area contributed by atoms with Crippen LogP contribution in [0.15, 0.2) is 5.03 Å². The van der Waals surface area contributed by atoms with E-state index >= 15 is 0 Å². The molecule has 1 rings (SSSR count). The molecule has 0 unspecified atom stereocenters. The number of nitrogens with zero attached hydrogens (tertiary/aromatic N) is 1. The molecule has 0 aliphatic rings. The first-order valence-corrected chi connectivity index (χ1v) is 6.40. The first-order chi connectivity index (χ1) is 6.79. The molecule has 0 saturated heterocycles. The third-order valence-electron chi connectivity index (χ3n) is 2.37. The van der Waals surface area contributed by atoms with Crippen molar-refractivity contribution in [2.75, 3.05) is 13.4 Å². The van der Waals surface area contributed by atoms with Gasteiger partial charge in [0.15, 0.2) is 14.9 Å². The van der Waals surface area contributed by atoms with Crippen molar-refractivity contribution in [2.45, 2.75) is 25.8 Å². The van der Waals surface area contributed by atoms with Crippen molar-refractivity contribution in [2.24, 2.45) is 0 Å². The van der Waals surface area contributed by atoms with Gasteiger partial charge in [-0.2, -0.15) is 0 Å². The molecule has 15 heavy (non-hydrogen) atoms. The van der Waals surface area contributed by atoms with Gasteiger partial charge in [-0.05, 0) is 20.8 Å². The summed E-state index contributed by atoms with van der Waals surface area (Å²) in [6.07, 6.45) is 1.15. The Morgan fingerprint density at radius 1 is 1.13 bits per heavy atom. The molecular weight excluding hydrogens is 214 g/mol. The molecule has 0 aliphatic carbocycles. The molecule has 1 aromatic rings. The number of aryl methyl sites for hydroxylation is 1. The van der Waals surface area contributed by atoms with Gasteiger partial charge in [-0.15, -0.1) is 0 Å². The van der Waals surface area contributed by atoms with Gasteiger partial charge in [0.05, 0.1) is 7.11 Å². The van der Waals surface area contributed by atoms with E-state index in [9.17, 15) is 8.42 Å². The van der Waals surface area contributed by atoms with Gasteiger partial charge >= 0.3 is 0 Å². The zero-order valence-electron chi connectivity index (χ0n) is 9.58. The molecule has 0 amide bonds. The number of ether oxygens (including phenoxy) is 1. The average molecular weight is 229 g/mol. The number of hydrogen-bond donors (Lipinski definition) is 0. The highest BCUT2D eigenvalue weighted by molar-refractivity contribution is 7.90. The maximum absolute atomic E-state index is 11.5. The van der Waals surface area contributed by atoms with Crippen LogP contribution in [0.4, 0.5) is 0 Å². The topological polar surface area (TPSA) is 56.3 Å². The summed E-state index contributed by atoms with van der Waals surface area (Å²) in [6, 6.07) is 0. The van der Waals surface area contributed by atoms with Gasteiger partial charge in [0.1, 0.15) is 5.75 Å². The molecule has 0 saturated carbocycles. The molecular formula is C10H15NO3S. The fourth-order valence-electron chi connectivity index (χ4n) is 1.53. The molecule has 0 aromatic carbocycles. The van der Waals surface area contributed by atoms with E-state index in [0.717, 1.165) is 11.8 Å². The summed E-state index contributed by atoms with van der Waals surface area (Å²) in [5.41, 5.74) is 2.13. The molecule has 1 heterocycles. The summed E-state index contributed by atoms with van der Waals surface area (Å²) in [5, 5.41) is 0.0995. The Morgan fingerprint density at radius 3 is 2.07 bits per heavy atom. The van der Waals surface area contributed by atoms with Crippen molar-refractivity contribution in [3.8, 4) is 5.75 Å². The van der Waals surface area contributed by atoms with Gasteiger partial charge in [0.2, 0.25) is 0 Å². The first-order valence-electron chi connectivity index (χ1n) is 4.51. The Hall–Kier alpha value is -1.10. The molecule has 1 aromatic heterocycles. The highest BCUT2D eigenvalue weighted by atomic mass is 32.2. The minimum absolute atomic E-state index is 0.0995. The average Bonchev–Trinajstić information content (AvgIpc) is 2.10. The monoisotopic (exact) mass is 229 g/mol. The number of methoxy groups -OCH3 is 1. The molecule has 0 radical (unpaired) electrons. The van der Waals surface area contributed by atoms with Crippen LogP contribution in [-0.4, -0.2) is 26.8 Å². The summed E-state index contributed by atoms with van der Waals surface area (Å²) in [5.74, 6) is 0.600. The van der Waals surface area contributed by atoms with Crippen LogP contribution < -0.4 is 4.74 Å². The maximum Gasteiger partial charge on any atom is 0.193 e. The predicted octanol–water partition coefficient (Wildman–Crippen LogP) is 1.42. The number of pyridine rings is 1. The van der Waals surface area contributed by atoms with E-state index in [2.05, 4.69) is 4.98 Å². The van der Waals surface area contributed by atoms with Crippen LogP contribution in [0.3, 0.4) is 0 Å². The summed E-state index contributed by atoms with van der Waals surface area (Å²) in [6.45, 7) is 5.33. The van der Waals surface area contributed by atoms with Gasteiger partial charge in [0.25, 0.3) is 0 Å². The summed E-state index contributed by atoms with van der Waals surface area (Å²) in [7, 11) is -1.77. The van der Waals surface area contributed by atoms with Crippen LogP contribution in [0, 0.1) is 20.8 Å². The lowest BCUT2D eigenvalue weighted by molar-refractivity contribution is 0.404. The molecule has 84 valence electrons. The van der Waals surface area contributed by atoms with Crippen molar-refractivity contribution >= 4 is 9.84 Å². The third kappa shape index (κ3) is 2.12. The van der Waals surface area contributed by atoms with E-state index in [1.807, 2.05) is 6.92 Å². The van der Waals surface area contributed by atoms with Gasteiger partial charge in [0, 0.05) is 23.1 Å². The van der Waals surface area contributed by atoms with Crippen molar-refractivity contribution < 1.29 is 13.2 Å².